The number of thiophene rings is 1. The molecule has 1 amide bonds. The molecule has 3 heterocycles. The summed E-state index contributed by atoms with van der Waals surface area (Å²) in [6.45, 7) is 0. The third kappa shape index (κ3) is 2.43. The number of nitrogens with two attached hydrogens (primary N) is 1. The normalized spacial score (nSPS) is 11.0. The van der Waals surface area contributed by atoms with Crippen molar-refractivity contribution in [2.75, 3.05) is 0 Å². The number of nitrogens with zero attached hydrogens (tertiary/aromatic N) is 2. The Kier molecular flexibility index (Phi) is 3.63. The van der Waals surface area contributed by atoms with Crippen molar-refractivity contribution in [2.24, 2.45) is 5.73 Å². The van der Waals surface area contributed by atoms with Crippen LogP contribution >= 0.6 is 22.7 Å². The van der Waals surface area contributed by atoms with E-state index in [2.05, 4.69) is 4.98 Å². The van der Waals surface area contributed by atoms with Gasteiger partial charge in [0.25, 0.3) is 0 Å². The van der Waals surface area contributed by atoms with E-state index in [0.29, 0.717) is 15.8 Å². The lowest BCUT2D eigenvalue weighted by Crippen LogP contribution is -2.18. The van der Waals surface area contributed by atoms with Gasteiger partial charge in [0.2, 0.25) is 11.7 Å². The fourth-order valence-electron chi connectivity index (χ4n) is 2.75. The Labute approximate surface area is 149 Å². The summed E-state index contributed by atoms with van der Waals surface area (Å²) in [5.41, 5.74) is 6.63. The van der Waals surface area contributed by atoms with Crippen molar-refractivity contribution in [1.82, 2.24) is 9.55 Å². The largest absolute Gasteiger partial charge is 0.494 e. The monoisotopic (exact) mass is 369 g/mol. The number of fused-ring (bicyclic) bond motifs is 1. The van der Waals surface area contributed by atoms with E-state index >= 15 is 0 Å². The van der Waals surface area contributed by atoms with Crippen LogP contribution in [-0.4, -0.2) is 26.5 Å². The summed E-state index contributed by atoms with van der Waals surface area (Å²) < 4.78 is 0.946. The Hall–Kier alpha value is -2.97. The highest BCUT2D eigenvalue weighted by Gasteiger charge is 2.26. The second kappa shape index (κ2) is 5.83. The Bertz CT molecular complexity index is 1100. The molecule has 0 aliphatic heterocycles. The van der Waals surface area contributed by atoms with Gasteiger partial charge in [0.05, 0.1) is 16.0 Å². The third-order valence-corrected chi connectivity index (χ3v) is 5.50. The molecule has 0 spiro atoms. The quantitative estimate of drug-likeness (QED) is 0.538. The third-order valence-electron chi connectivity index (χ3n) is 3.81. The van der Waals surface area contributed by atoms with Crippen LogP contribution in [-0.2, 0) is 0 Å². The predicted octanol–water partition coefficient (Wildman–Crippen LogP) is 3.69. The van der Waals surface area contributed by atoms with E-state index in [4.69, 9.17) is 5.73 Å². The summed E-state index contributed by atoms with van der Waals surface area (Å²) >= 11 is 2.73. The standard InChI is InChI=1S/C17H11N3O3S2/c18-17(23)20-11-4-3-9(15-19-5-7-25-15)8-10(11)13(16(20)22)14(21)12-2-1-6-24-12/h1-8,22H,(H2,18,23). The molecule has 25 heavy (non-hydrogen) atoms. The van der Waals surface area contributed by atoms with E-state index in [1.54, 1.807) is 41.9 Å². The first kappa shape index (κ1) is 15.6. The van der Waals surface area contributed by atoms with Gasteiger partial charge in [-0.1, -0.05) is 6.07 Å². The van der Waals surface area contributed by atoms with Crippen molar-refractivity contribution in [3.05, 3.63) is 57.7 Å². The number of hydrogen-bond donors (Lipinski definition) is 2. The molecule has 3 aromatic heterocycles. The number of aromatic hydroxyl groups is 1. The molecule has 0 fully saturated rings. The number of primary amides is 1. The molecule has 0 saturated carbocycles. The van der Waals surface area contributed by atoms with Crippen molar-refractivity contribution in [3.63, 3.8) is 0 Å². The molecule has 0 bridgehead atoms. The van der Waals surface area contributed by atoms with Crippen LogP contribution in [0.25, 0.3) is 21.5 Å². The molecule has 0 radical (unpaired) electrons. The van der Waals surface area contributed by atoms with Crippen molar-refractivity contribution >= 4 is 45.4 Å². The van der Waals surface area contributed by atoms with Crippen LogP contribution in [0.2, 0.25) is 0 Å². The zero-order valence-electron chi connectivity index (χ0n) is 12.7. The minimum absolute atomic E-state index is 0.0645. The van der Waals surface area contributed by atoms with Gasteiger partial charge in [-0.15, -0.1) is 22.7 Å². The Morgan fingerprint density at radius 1 is 1.16 bits per heavy atom. The number of aromatic nitrogens is 2. The Morgan fingerprint density at radius 3 is 2.64 bits per heavy atom. The number of carbonyl (C=O) groups is 2. The first-order valence-electron chi connectivity index (χ1n) is 7.23. The van der Waals surface area contributed by atoms with Gasteiger partial charge >= 0.3 is 6.03 Å². The highest BCUT2D eigenvalue weighted by molar-refractivity contribution is 7.13. The molecule has 4 rings (SSSR count). The lowest BCUT2D eigenvalue weighted by molar-refractivity contribution is 0.104. The minimum Gasteiger partial charge on any atom is -0.494 e. The molecule has 0 unspecified atom stereocenters. The van der Waals surface area contributed by atoms with Crippen molar-refractivity contribution in [1.29, 1.82) is 0 Å². The Balaban J connectivity index is 2.02. The van der Waals surface area contributed by atoms with E-state index in [-0.39, 0.29) is 11.3 Å². The van der Waals surface area contributed by atoms with Crippen LogP contribution in [0.1, 0.15) is 15.2 Å². The number of thiazole rings is 1. The molecular formula is C17H11N3O3S2. The van der Waals surface area contributed by atoms with Gasteiger partial charge in [-0.05, 0) is 29.6 Å². The van der Waals surface area contributed by atoms with E-state index in [1.165, 1.54) is 22.7 Å². The lowest BCUT2D eigenvalue weighted by Gasteiger charge is -2.01. The maximum Gasteiger partial charge on any atom is 0.326 e. The molecule has 4 aromatic rings. The molecule has 0 aliphatic carbocycles. The Morgan fingerprint density at radius 2 is 2.00 bits per heavy atom. The van der Waals surface area contributed by atoms with E-state index in [0.717, 1.165) is 15.1 Å². The minimum atomic E-state index is -0.852. The van der Waals surface area contributed by atoms with Crippen molar-refractivity contribution in [2.45, 2.75) is 0 Å². The first-order chi connectivity index (χ1) is 12.1. The second-order valence-corrected chi connectivity index (χ2v) is 7.09. The predicted molar refractivity (Wildman–Crippen MR) is 97.4 cm³/mol. The smallest absolute Gasteiger partial charge is 0.326 e. The number of rotatable bonds is 3. The molecule has 8 heteroatoms. The first-order valence-corrected chi connectivity index (χ1v) is 8.99. The molecule has 0 aliphatic rings. The van der Waals surface area contributed by atoms with E-state index in [9.17, 15) is 14.7 Å². The van der Waals surface area contributed by atoms with Crippen molar-refractivity contribution < 1.29 is 14.7 Å². The van der Waals surface area contributed by atoms with Gasteiger partial charge in [0.1, 0.15) is 5.01 Å². The van der Waals surface area contributed by atoms with Crippen molar-refractivity contribution in [3.8, 4) is 16.5 Å². The molecule has 124 valence electrons. The van der Waals surface area contributed by atoms with Crippen LogP contribution in [0.3, 0.4) is 0 Å². The highest BCUT2D eigenvalue weighted by Crippen LogP contribution is 2.36. The zero-order chi connectivity index (χ0) is 17.6. The summed E-state index contributed by atoms with van der Waals surface area (Å²) in [5.74, 6) is -0.800. The number of carbonyl (C=O) groups excluding carboxylic acids is 2. The lowest BCUT2D eigenvalue weighted by atomic mass is 10.1. The van der Waals surface area contributed by atoms with Crippen LogP contribution in [0, 0.1) is 0 Å². The van der Waals surface area contributed by atoms with Gasteiger partial charge < -0.3 is 10.8 Å². The number of benzene rings is 1. The topological polar surface area (TPSA) is 98.2 Å². The number of hydrogen-bond acceptors (Lipinski definition) is 6. The van der Waals surface area contributed by atoms with Crippen LogP contribution in [0.15, 0.2) is 47.3 Å². The molecule has 0 saturated heterocycles. The molecule has 3 N–H and O–H groups in total. The average Bonchev–Trinajstić information content (AvgIpc) is 3.33. The van der Waals surface area contributed by atoms with E-state index in [1.807, 2.05) is 5.38 Å². The summed E-state index contributed by atoms with van der Waals surface area (Å²) in [5, 5.41) is 15.4. The second-order valence-electron chi connectivity index (χ2n) is 5.25. The summed E-state index contributed by atoms with van der Waals surface area (Å²) in [4.78, 5) is 29.4. The van der Waals surface area contributed by atoms with Gasteiger partial charge in [0, 0.05) is 22.5 Å². The average molecular weight is 369 g/mol. The van der Waals surface area contributed by atoms with Crippen LogP contribution < -0.4 is 5.73 Å². The van der Waals surface area contributed by atoms with Crippen LogP contribution in [0.5, 0.6) is 5.88 Å². The summed E-state index contributed by atoms with van der Waals surface area (Å²) in [6, 6.07) is 7.75. The summed E-state index contributed by atoms with van der Waals surface area (Å²) in [7, 11) is 0. The zero-order valence-corrected chi connectivity index (χ0v) is 14.3. The van der Waals surface area contributed by atoms with Gasteiger partial charge in [0.15, 0.2) is 0 Å². The number of amides is 1. The maximum atomic E-state index is 12.8. The summed E-state index contributed by atoms with van der Waals surface area (Å²) in [6.07, 6.45) is 1.69. The highest BCUT2D eigenvalue weighted by atomic mass is 32.1. The fraction of sp³-hybridized carbons (Fsp3) is 0. The maximum absolute atomic E-state index is 12.8. The SMILES string of the molecule is NC(=O)n1c(O)c(C(=O)c2cccs2)c2cc(-c3nccs3)ccc21. The molecule has 6 nitrogen and oxygen atoms in total. The van der Waals surface area contributed by atoms with Gasteiger partial charge in [-0.25, -0.2) is 14.3 Å². The van der Waals surface area contributed by atoms with Gasteiger partial charge in [-0.2, -0.15) is 0 Å². The van der Waals surface area contributed by atoms with Crippen LogP contribution in [0.4, 0.5) is 4.79 Å². The van der Waals surface area contributed by atoms with E-state index < -0.39 is 11.9 Å². The fourth-order valence-corrected chi connectivity index (χ4v) is 4.06. The molecular weight excluding hydrogens is 358 g/mol. The molecule has 1 aromatic carbocycles. The molecule has 0 atom stereocenters. The number of ketones is 1. The van der Waals surface area contributed by atoms with Gasteiger partial charge in [-0.3, -0.25) is 4.79 Å².